The van der Waals surface area contributed by atoms with Crippen molar-refractivity contribution in [3.05, 3.63) is 35.4 Å². The zero-order valence-electron chi connectivity index (χ0n) is 7.28. The predicted molar refractivity (Wildman–Crippen MR) is 50.5 cm³/mol. The zero-order valence-corrected chi connectivity index (χ0v) is 8.18. The van der Waals surface area contributed by atoms with Gasteiger partial charge in [0.1, 0.15) is 0 Å². The smallest absolute Gasteiger partial charge is 0.336 e. The molecule has 1 aromatic rings. The molecule has 1 aromatic carbocycles. The first kappa shape index (κ1) is 13.1. The summed E-state index contributed by atoms with van der Waals surface area (Å²) in [5, 5.41) is 17.1. The van der Waals surface area contributed by atoms with Crippen LogP contribution in [-0.2, 0) is 20.0 Å². The molecule has 0 aromatic heterocycles. The summed E-state index contributed by atoms with van der Waals surface area (Å²) in [6.07, 6.45) is 0. The topological polar surface area (TPSA) is 109 Å². The van der Waals surface area contributed by atoms with E-state index in [9.17, 15) is 9.59 Å². The summed E-state index contributed by atoms with van der Waals surface area (Å²) in [6.45, 7) is 0. The fourth-order valence-corrected chi connectivity index (χ4v) is 0.856. The first-order valence-electron chi connectivity index (χ1n) is 3.55. The fourth-order valence-electron chi connectivity index (χ4n) is 0.856. The van der Waals surface area contributed by atoms with E-state index in [1.54, 1.807) is 0 Å². The molecule has 0 saturated heterocycles. The van der Waals surface area contributed by atoms with Crippen LogP contribution in [0.2, 0.25) is 0 Å². The van der Waals surface area contributed by atoms with Gasteiger partial charge in [0.25, 0.3) is 0 Å². The highest BCUT2D eigenvalue weighted by Crippen LogP contribution is 2.07. The molecule has 2 N–H and O–H groups in total. The van der Waals surface area contributed by atoms with Crippen molar-refractivity contribution in [2.75, 3.05) is 0 Å². The fraction of sp³-hybridized carbons (Fsp3) is 0. The number of carbonyl (C=O) groups is 2. The van der Waals surface area contributed by atoms with Gasteiger partial charge in [0.05, 0.1) is 11.1 Å². The number of carboxylic acid groups (broad SMARTS) is 2. The number of hydrogen-bond donors (Lipinski definition) is 2. The number of aromatic carboxylic acids is 2. The van der Waals surface area contributed by atoms with Gasteiger partial charge >= 0.3 is 11.9 Å². The quantitative estimate of drug-likeness (QED) is 0.569. The van der Waals surface area contributed by atoms with E-state index < -0.39 is 23.5 Å². The lowest BCUT2D eigenvalue weighted by Gasteiger charge is -1.98. The average molecular weight is 231 g/mol. The Kier molecular flexibility index (Phi) is 5.72. The Bertz CT molecular complexity index is 374. The lowest BCUT2D eigenvalue weighted by Crippen LogP contribution is -2.06. The molecule has 82 valence electrons. The van der Waals surface area contributed by atoms with Crippen LogP contribution in [0.4, 0.5) is 0 Å². The minimum atomic E-state index is -1.23. The van der Waals surface area contributed by atoms with Crippen LogP contribution in [0.15, 0.2) is 24.3 Å². The molecular formula is C8H7O6S-. The van der Waals surface area contributed by atoms with Gasteiger partial charge in [-0.3, -0.25) is 0 Å². The van der Waals surface area contributed by atoms with E-state index >= 15 is 0 Å². The van der Waals surface area contributed by atoms with Crippen molar-refractivity contribution in [1.82, 2.24) is 0 Å². The first-order chi connectivity index (χ1) is 7.04. The predicted octanol–water partition coefficient (Wildman–Crippen LogP) is 0.575. The third-order valence-electron chi connectivity index (χ3n) is 1.39. The van der Waals surface area contributed by atoms with E-state index in [1.165, 1.54) is 24.3 Å². The van der Waals surface area contributed by atoms with Crippen LogP contribution >= 0.6 is 0 Å². The molecule has 0 aliphatic carbocycles. The van der Waals surface area contributed by atoms with Gasteiger partial charge in [0, 0.05) is 0 Å². The van der Waals surface area contributed by atoms with Crippen LogP contribution in [0.25, 0.3) is 0 Å². The van der Waals surface area contributed by atoms with Gasteiger partial charge < -0.3 is 18.6 Å². The summed E-state index contributed by atoms with van der Waals surface area (Å²) in [7, 11) is 0. The second kappa shape index (κ2) is 6.55. The largest absolute Gasteiger partial charge is 0.478 e. The summed E-state index contributed by atoms with van der Waals surface area (Å²) >= 11 is -1.08. The van der Waals surface area contributed by atoms with Crippen molar-refractivity contribution in [2.24, 2.45) is 0 Å². The second-order valence-electron chi connectivity index (χ2n) is 2.23. The molecule has 0 spiro atoms. The van der Waals surface area contributed by atoms with Crippen LogP contribution in [0.1, 0.15) is 20.7 Å². The maximum atomic E-state index is 10.5. The molecular weight excluding hydrogens is 224 g/mol. The van der Waals surface area contributed by atoms with Crippen LogP contribution in [0.3, 0.4) is 0 Å². The van der Waals surface area contributed by atoms with Crippen molar-refractivity contribution < 1.29 is 28.2 Å². The molecule has 0 atom stereocenters. The third kappa shape index (κ3) is 4.23. The molecule has 6 nitrogen and oxygen atoms in total. The van der Waals surface area contributed by atoms with Gasteiger partial charge in [-0.25, -0.2) is 9.59 Å². The zero-order chi connectivity index (χ0) is 11.8. The van der Waals surface area contributed by atoms with E-state index in [1.807, 2.05) is 0 Å². The average Bonchev–Trinajstić information content (AvgIpc) is 2.19. The van der Waals surface area contributed by atoms with Gasteiger partial charge in [-0.05, 0) is 12.1 Å². The molecule has 0 bridgehead atoms. The molecule has 0 amide bonds. The Balaban J connectivity index is 0.000000583. The van der Waals surface area contributed by atoms with E-state index in [4.69, 9.17) is 18.6 Å². The van der Waals surface area contributed by atoms with Crippen molar-refractivity contribution >= 4 is 23.5 Å². The molecule has 15 heavy (non-hydrogen) atoms. The van der Waals surface area contributed by atoms with Gasteiger partial charge in [0.15, 0.2) is 0 Å². The van der Waals surface area contributed by atoms with Crippen molar-refractivity contribution in [2.45, 2.75) is 0 Å². The van der Waals surface area contributed by atoms with Crippen LogP contribution in [-0.4, -0.2) is 22.2 Å². The van der Waals surface area contributed by atoms with Gasteiger partial charge in [-0.2, -0.15) is 0 Å². The van der Waals surface area contributed by atoms with E-state index in [-0.39, 0.29) is 11.1 Å². The Morgan fingerprint density at radius 2 is 1.20 bits per heavy atom. The standard InChI is InChI=1S/C8H6O4.HO2S/c9-7(10)5-3-1-2-4-6(5)8(11)12;1-3-2/h1-4H,(H,9,10)(H,11,12);3H/q;-1. The number of benzene rings is 1. The summed E-state index contributed by atoms with van der Waals surface area (Å²) in [4.78, 5) is 20.9. The molecule has 0 radical (unpaired) electrons. The molecule has 7 heteroatoms. The van der Waals surface area contributed by atoms with Gasteiger partial charge in [-0.1, -0.05) is 23.7 Å². The molecule has 0 saturated carbocycles. The summed E-state index contributed by atoms with van der Waals surface area (Å²) in [6, 6.07) is 5.48. The number of rotatable bonds is 2. The monoisotopic (exact) mass is 231 g/mol. The molecule has 0 fully saturated rings. The minimum Gasteiger partial charge on any atom is -0.478 e. The Labute approximate surface area is 87.8 Å². The summed E-state index contributed by atoms with van der Waals surface area (Å²) < 4.78 is 16.7. The summed E-state index contributed by atoms with van der Waals surface area (Å²) in [5.41, 5.74) is -0.380. The highest BCUT2D eigenvalue weighted by atomic mass is 32.1. The molecule has 0 aliphatic rings. The number of hydrogen-bond acceptors (Lipinski definition) is 5. The molecule has 0 unspecified atom stereocenters. The first-order valence-corrected chi connectivity index (χ1v) is 4.28. The van der Waals surface area contributed by atoms with Crippen molar-refractivity contribution in [1.29, 1.82) is 0 Å². The normalized spacial score (nSPS) is 8.53. The van der Waals surface area contributed by atoms with E-state index in [0.29, 0.717) is 0 Å². The molecule has 0 aliphatic heterocycles. The lowest BCUT2D eigenvalue weighted by atomic mass is 10.1. The van der Waals surface area contributed by atoms with Gasteiger partial charge in [-0.15, -0.1) is 0 Å². The Hall–Kier alpha value is -1.89. The van der Waals surface area contributed by atoms with Crippen LogP contribution in [0, 0.1) is 0 Å². The number of carboxylic acids is 2. The SMILES string of the molecule is O=C(O)c1ccccc1C(=O)O.O=[SH-]=O. The second-order valence-corrected chi connectivity index (χ2v) is 2.38. The maximum absolute atomic E-state index is 10.5. The molecule has 1 rings (SSSR count). The third-order valence-corrected chi connectivity index (χ3v) is 1.39. The van der Waals surface area contributed by atoms with Crippen molar-refractivity contribution in [3.63, 3.8) is 0 Å². The van der Waals surface area contributed by atoms with E-state index in [2.05, 4.69) is 0 Å². The number of thiol groups is 1. The Morgan fingerprint density at radius 1 is 0.933 bits per heavy atom. The van der Waals surface area contributed by atoms with Crippen LogP contribution in [0.5, 0.6) is 0 Å². The minimum absolute atomic E-state index is 0.190. The summed E-state index contributed by atoms with van der Waals surface area (Å²) in [5.74, 6) is -2.46. The molecule has 0 heterocycles. The lowest BCUT2D eigenvalue weighted by molar-refractivity contribution is 0.0651. The highest BCUT2D eigenvalue weighted by Gasteiger charge is 2.13. The Morgan fingerprint density at radius 3 is 1.40 bits per heavy atom. The van der Waals surface area contributed by atoms with Gasteiger partial charge in [0.2, 0.25) is 0 Å². The van der Waals surface area contributed by atoms with Crippen LogP contribution < -0.4 is 0 Å². The highest BCUT2D eigenvalue weighted by molar-refractivity contribution is 7.51. The van der Waals surface area contributed by atoms with E-state index in [0.717, 1.165) is 0 Å². The maximum Gasteiger partial charge on any atom is 0.336 e. The van der Waals surface area contributed by atoms with Crippen molar-refractivity contribution in [3.8, 4) is 0 Å².